The summed E-state index contributed by atoms with van der Waals surface area (Å²) in [7, 11) is 1.79. The fraction of sp³-hybridized carbons (Fsp3) is 0.650. The average molecular weight is 476 g/mol. The van der Waals surface area contributed by atoms with Gasteiger partial charge in [0.15, 0.2) is 5.96 Å². The van der Waals surface area contributed by atoms with Gasteiger partial charge in [-0.2, -0.15) is 0 Å². The molecular weight excluding hydrogens is 442 g/mol. The Labute approximate surface area is 175 Å². The molecule has 4 nitrogen and oxygen atoms in total. The zero-order valence-corrected chi connectivity index (χ0v) is 18.8. The molecule has 1 aromatic rings. The highest BCUT2D eigenvalue weighted by atomic mass is 127. The lowest BCUT2D eigenvalue weighted by atomic mass is 9.84. The fourth-order valence-electron chi connectivity index (χ4n) is 3.42. The Kier molecular flexibility index (Phi) is 9.85. The van der Waals surface area contributed by atoms with Crippen molar-refractivity contribution < 1.29 is 4.39 Å². The number of piperidine rings is 1. The van der Waals surface area contributed by atoms with Gasteiger partial charge in [-0.3, -0.25) is 4.99 Å². The summed E-state index contributed by atoms with van der Waals surface area (Å²) in [5.74, 6) is 0.652. The summed E-state index contributed by atoms with van der Waals surface area (Å²) in [6.45, 7) is 10.4. The maximum absolute atomic E-state index is 14.1. The van der Waals surface area contributed by atoms with Crippen molar-refractivity contribution in [2.24, 2.45) is 4.99 Å². The summed E-state index contributed by atoms with van der Waals surface area (Å²) >= 11 is 0. The van der Waals surface area contributed by atoms with Crippen molar-refractivity contribution in [3.05, 3.63) is 35.6 Å². The molecule has 0 unspecified atom stereocenters. The van der Waals surface area contributed by atoms with Crippen molar-refractivity contribution in [1.29, 1.82) is 0 Å². The summed E-state index contributed by atoms with van der Waals surface area (Å²) in [5, 5.41) is 6.90. The van der Waals surface area contributed by atoms with Crippen molar-refractivity contribution >= 4 is 29.9 Å². The zero-order valence-electron chi connectivity index (χ0n) is 16.5. The van der Waals surface area contributed by atoms with E-state index in [9.17, 15) is 4.39 Å². The van der Waals surface area contributed by atoms with Gasteiger partial charge in [0, 0.05) is 38.1 Å². The molecule has 1 aliphatic heterocycles. The molecule has 0 aromatic heterocycles. The molecule has 0 aliphatic carbocycles. The summed E-state index contributed by atoms with van der Waals surface area (Å²) < 4.78 is 14.1. The second-order valence-corrected chi connectivity index (χ2v) is 7.55. The number of nitrogens with one attached hydrogen (secondary N) is 2. The molecule has 1 fully saturated rings. The van der Waals surface area contributed by atoms with E-state index >= 15 is 0 Å². The van der Waals surface area contributed by atoms with Gasteiger partial charge in [0.05, 0.1) is 0 Å². The highest BCUT2D eigenvalue weighted by Crippen LogP contribution is 2.24. The molecule has 148 valence electrons. The van der Waals surface area contributed by atoms with Crippen molar-refractivity contribution in [3.8, 4) is 0 Å². The van der Waals surface area contributed by atoms with Crippen LogP contribution in [0.15, 0.2) is 29.3 Å². The van der Waals surface area contributed by atoms with Crippen molar-refractivity contribution in [1.82, 2.24) is 15.5 Å². The molecule has 0 amide bonds. The molecule has 26 heavy (non-hydrogen) atoms. The first kappa shape index (κ1) is 23.1. The topological polar surface area (TPSA) is 39.7 Å². The van der Waals surface area contributed by atoms with Crippen LogP contribution in [0, 0.1) is 5.82 Å². The number of guanidine groups is 1. The average Bonchev–Trinajstić information content (AvgIpc) is 2.60. The SMILES string of the molecule is CCCN1CCC(NC(=NC)NCC(C)(C)c2ccccc2F)CC1.I. The Morgan fingerprint density at radius 2 is 1.92 bits per heavy atom. The molecule has 2 N–H and O–H groups in total. The maximum Gasteiger partial charge on any atom is 0.191 e. The van der Waals surface area contributed by atoms with Crippen LogP contribution in [-0.4, -0.2) is 50.1 Å². The van der Waals surface area contributed by atoms with Crippen LogP contribution < -0.4 is 10.6 Å². The maximum atomic E-state index is 14.1. The van der Waals surface area contributed by atoms with Crippen molar-refractivity contribution in [3.63, 3.8) is 0 Å². The van der Waals surface area contributed by atoms with Crippen molar-refractivity contribution in [2.45, 2.75) is 51.5 Å². The normalized spacial score (nSPS) is 16.9. The van der Waals surface area contributed by atoms with E-state index in [-0.39, 0.29) is 35.2 Å². The van der Waals surface area contributed by atoms with Crippen LogP contribution in [0.3, 0.4) is 0 Å². The van der Waals surface area contributed by atoms with Crippen LogP contribution in [0.4, 0.5) is 4.39 Å². The minimum Gasteiger partial charge on any atom is -0.356 e. The quantitative estimate of drug-likeness (QED) is 0.373. The lowest BCUT2D eigenvalue weighted by Gasteiger charge is -2.33. The molecule has 0 saturated carbocycles. The molecule has 1 aliphatic rings. The van der Waals surface area contributed by atoms with Crippen molar-refractivity contribution in [2.75, 3.05) is 33.2 Å². The van der Waals surface area contributed by atoms with E-state index < -0.39 is 0 Å². The van der Waals surface area contributed by atoms with E-state index in [0.717, 1.165) is 37.5 Å². The minimum absolute atomic E-state index is 0. The largest absolute Gasteiger partial charge is 0.356 e. The van der Waals surface area contributed by atoms with E-state index in [1.807, 2.05) is 12.1 Å². The van der Waals surface area contributed by atoms with E-state index in [1.54, 1.807) is 13.1 Å². The molecular formula is C20H34FIN4. The van der Waals surface area contributed by atoms with Gasteiger partial charge in [0.1, 0.15) is 5.82 Å². The summed E-state index contributed by atoms with van der Waals surface area (Å²) in [5.41, 5.74) is 0.416. The molecule has 0 atom stereocenters. The molecule has 0 radical (unpaired) electrons. The van der Waals surface area contributed by atoms with Gasteiger partial charge in [0.2, 0.25) is 0 Å². The van der Waals surface area contributed by atoms with E-state index in [2.05, 4.69) is 41.3 Å². The Morgan fingerprint density at radius 1 is 1.27 bits per heavy atom. The van der Waals surface area contributed by atoms with Gasteiger partial charge in [0.25, 0.3) is 0 Å². The first-order chi connectivity index (χ1) is 12.0. The van der Waals surface area contributed by atoms with Crippen LogP contribution in [0.1, 0.15) is 45.6 Å². The monoisotopic (exact) mass is 476 g/mol. The smallest absolute Gasteiger partial charge is 0.191 e. The highest BCUT2D eigenvalue weighted by Gasteiger charge is 2.25. The van der Waals surface area contributed by atoms with E-state index in [1.165, 1.54) is 19.0 Å². The highest BCUT2D eigenvalue weighted by molar-refractivity contribution is 14.0. The minimum atomic E-state index is -0.312. The molecule has 1 aromatic carbocycles. The van der Waals surface area contributed by atoms with E-state index in [0.29, 0.717) is 12.6 Å². The number of likely N-dealkylation sites (tertiary alicyclic amines) is 1. The van der Waals surface area contributed by atoms with Gasteiger partial charge < -0.3 is 15.5 Å². The molecule has 2 rings (SSSR count). The lowest BCUT2D eigenvalue weighted by Crippen LogP contribution is -2.50. The number of nitrogens with zero attached hydrogens (tertiary/aromatic N) is 2. The number of benzene rings is 1. The summed E-state index contributed by atoms with van der Waals surface area (Å²) in [6.07, 6.45) is 3.49. The van der Waals surface area contributed by atoms with Crippen LogP contribution in [0.2, 0.25) is 0 Å². The Hall–Kier alpha value is -0.890. The summed E-state index contributed by atoms with van der Waals surface area (Å²) in [6, 6.07) is 7.45. The number of hydrogen-bond acceptors (Lipinski definition) is 2. The first-order valence-electron chi connectivity index (χ1n) is 9.41. The number of halogens is 2. The third-order valence-electron chi connectivity index (χ3n) is 4.99. The molecule has 0 bridgehead atoms. The number of rotatable bonds is 6. The Bertz CT molecular complexity index is 569. The van der Waals surface area contributed by atoms with E-state index in [4.69, 9.17) is 0 Å². The predicted molar refractivity (Wildman–Crippen MR) is 119 cm³/mol. The number of aliphatic imine (C=N–C) groups is 1. The van der Waals surface area contributed by atoms with Crippen LogP contribution in [-0.2, 0) is 5.41 Å². The van der Waals surface area contributed by atoms with Gasteiger partial charge in [-0.15, -0.1) is 24.0 Å². The van der Waals surface area contributed by atoms with Gasteiger partial charge in [-0.25, -0.2) is 4.39 Å². The standard InChI is InChI=1S/C20H33FN4.HI/c1-5-12-25-13-10-16(11-14-25)24-19(22-4)23-15-20(2,3)17-8-6-7-9-18(17)21;/h6-9,16H,5,10-15H2,1-4H3,(H2,22,23,24);1H. The van der Waals surface area contributed by atoms with Gasteiger partial charge in [-0.1, -0.05) is 39.0 Å². The number of hydrogen-bond donors (Lipinski definition) is 2. The predicted octanol–water partition coefficient (Wildman–Crippen LogP) is 3.76. The zero-order chi connectivity index (χ0) is 18.3. The second-order valence-electron chi connectivity index (χ2n) is 7.55. The van der Waals surface area contributed by atoms with Gasteiger partial charge >= 0.3 is 0 Å². The third-order valence-corrected chi connectivity index (χ3v) is 4.99. The molecule has 1 heterocycles. The lowest BCUT2D eigenvalue weighted by molar-refractivity contribution is 0.206. The second kappa shape index (κ2) is 11.1. The third kappa shape index (κ3) is 6.68. The van der Waals surface area contributed by atoms with Crippen LogP contribution >= 0.6 is 24.0 Å². The van der Waals surface area contributed by atoms with Gasteiger partial charge in [-0.05, 0) is 37.4 Å². The first-order valence-corrected chi connectivity index (χ1v) is 9.41. The molecule has 0 spiro atoms. The Morgan fingerprint density at radius 3 is 2.50 bits per heavy atom. The summed E-state index contributed by atoms with van der Waals surface area (Å²) in [4.78, 5) is 6.87. The Balaban J connectivity index is 0.00000338. The van der Waals surface area contributed by atoms with Crippen LogP contribution in [0.5, 0.6) is 0 Å². The fourth-order valence-corrected chi connectivity index (χ4v) is 3.42. The molecule has 1 saturated heterocycles. The molecule has 6 heteroatoms. The van der Waals surface area contributed by atoms with Crippen LogP contribution in [0.25, 0.3) is 0 Å².